The SMILES string of the molecule is CC(C)c1ccc(NC(=S)N[C@H]2CCCC[C@H]2C)cc1. The van der Waals surface area contributed by atoms with Gasteiger partial charge in [-0.25, -0.2) is 0 Å². The lowest BCUT2D eigenvalue weighted by atomic mass is 9.86. The molecule has 2 nitrogen and oxygen atoms in total. The van der Waals surface area contributed by atoms with Crippen LogP contribution < -0.4 is 10.6 Å². The van der Waals surface area contributed by atoms with Crippen molar-refractivity contribution < 1.29 is 0 Å². The van der Waals surface area contributed by atoms with E-state index in [0.29, 0.717) is 17.9 Å². The van der Waals surface area contributed by atoms with Crippen LogP contribution in [0.25, 0.3) is 0 Å². The summed E-state index contributed by atoms with van der Waals surface area (Å²) in [6, 6.07) is 9.07. The zero-order valence-electron chi connectivity index (χ0n) is 12.8. The smallest absolute Gasteiger partial charge is 0.171 e. The summed E-state index contributed by atoms with van der Waals surface area (Å²) in [6.07, 6.45) is 5.21. The highest BCUT2D eigenvalue weighted by Gasteiger charge is 2.21. The summed E-state index contributed by atoms with van der Waals surface area (Å²) in [4.78, 5) is 0. The predicted octanol–water partition coefficient (Wildman–Crippen LogP) is 4.68. The number of nitrogens with one attached hydrogen (secondary N) is 2. The first-order chi connectivity index (χ1) is 9.56. The number of rotatable bonds is 3. The summed E-state index contributed by atoms with van der Waals surface area (Å²) in [7, 11) is 0. The van der Waals surface area contributed by atoms with E-state index in [1.807, 2.05) is 0 Å². The summed E-state index contributed by atoms with van der Waals surface area (Å²) in [6.45, 7) is 6.73. The standard InChI is InChI=1S/C17H26N2S/c1-12(2)14-8-10-15(11-9-14)18-17(20)19-16-7-5-4-6-13(16)3/h8-13,16H,4-7H2,1-3H3,(H2,18,19,20)/t13-,16+/m1/s1. The molecule has 0 spiro atoms. The van der Waals surface area contributed by atoms with Gasteiger partial charge in [-0.15, -0.1) is 0 Å². The van der Waals surface area contributed by atoms with Gasteiger partial charge in [-0.2, -0.15) is 0 Å². The molecule has 110 valence electrons. The number of thiocarbonyl (C=S) groups is 1. The molecule has 2 atom stereocenters. The van der Waals surface area contributed by atoms with E-state index in [1.54, 1.807) is 0 Å². The van der Waals surface area contributed by atoms with Gasteiger partial charge in [-0.05, 0) is 54.6 Å². The third kappa shape index (κ3) is 4.20. The van der Waals surface area contributed by atoms with Crippen LogP contribution in [0.15, 0.2) is 24.3 Å². The van der Waals surface area contributed by atoms with E-state index in [2.05, 4.69) is 55.7 Å². The molecule has 0 bridgehead atoms. The Labute approximate surface area is 128 Å². The Kier molecular flexibility index (Phi) is 5.41. The largest absolute Gasteiger partial charge is 0.359 e. The zero-order valence-corrected chi connectivity index (χ0v) is 13.6. The molecule has 2 N–H and O–H groups in total. The lowest BCUT2D eigenvalue weighted by Gasteiger charge is -2.30. The van der Waals surface area contributed by atoms with Crippen LogP contribution in [0.3, 0.4) is 0 Å². The number of hydrogen-bond donors (Lipinski definition) is 2. The van der Waals surface area contributed by atoms with Crippen molar-refractivity contribution >= 4 is 23.0 Å². The van der Waals surface area contributed by atoms with Crippen molar-refractivity contribution in [2.75, 3.05) is 5.32 Å². The van der Waals surface area contributed by atoms with Gasteiger partial charge >= 0.3 is 0 Å². The van der Waals surface area contributed by atoms with Crippen LogP contribution in [0.1, 0.15) is 57.9 Å². The number of anilines is 1. The van der Waals surface area contributed by atoms with Crippen LogP contribution >= 0.6 is 12.2 Å². The maximum Gasteiger partial charge on any atom is 0.171 e. The van der Waals surface area contributed by atoms with Gasteiger partial charge in [0.15, 0.2) is 5.11 Å². The van der Waals surface area contributed by atoms with Crippen LogP contribution in [0.5, 0.6) is 0 Å². The third-order valence-corrected chi connectivity index (χ3v) is 4.48. The van der Waals surface area contributed by atoms with Crippen molar-refractivity contribution in [2.45, 2.75) is 58.4 Å². The summed E-state index contributed by atoms with van der Waals surface area (Å²) >= 11 is 5.43. The number of hydrogen-bond acceptors (Lipinski definition) is 1. The highest BCUT2D eigenvalue weighted by Crippen LogP contribution is 2.24. The minimum absolute atomic E-state index is 0.527. The molecule has 0 aliphatic heterocycles. The monoisotopic (exact) mass is 290 g/mol. The van der Waals surface area contributed by atoms with E-state index in [-0.39, 0.29) is 0 Å². The van der Waals surface area contributed by atoms with Gasteiger partial charge in [0.2, 0.25) is 0 Å². The molecule has 0 amide bonds. The quantitative estimate of drug-likeness (QED) is 0.791. The predicted molar refractivity (Wildman–Crippen MR) is 91.3 cm³/mol. The minimum Gasteiger partial charge on any atom is -0.359 e. The first-order valence-electron chi connectivity index (χ1n) is 7.73. The topological polar surface area (TPSA) is 24.1 Å². The molecule has 1 aliphatic rings. The molecule has 0 radical (unpaired) electrons. The van der Waals surface area contributed by atoms with Crippen molar-refractivity contribution in [1.82, 2.24) is 5.32 Å². The molecule has 3 heteroatoms. The summed E-state index contributed by atoms with van der Waals surface area (Å²) in [5.41, 5.74) is 2.42. The molecular weight excluding hydrogens is 264 g/mol. The fraction of sp³-hybridized carbons (Fsp3) is 0.588. The Morgan fingerprint density at radius 3 is 2.40 bits per heavy atom. The molecule has 0 heterocycles. The lowest BCUT2D eigenvalue weighted by molar-refractivity contribution is 0.309. The van der Waals surface area contributed by atoms with E-state index in [4.69, 9.17) is 12.2 Å². The molecule has 0 saturated heterocycles. The lowest BCUT2D eigenvalue weighted by Crippen LogP contribution is -2.43. The minimum atomic E-state index is 0.527. The highest BCUT2D eigenvalue weighted by atomic mass is 32.1. The summed E-state index contributed by atoms with van der Waals surface area (Å²) in [5.74, 6) is 1.28. The molecule has 0 aromatic heterocycles. The second-order valence-corrected chi connectivity index (χ2v) is 6.65. The van der Waals surface area contributed by atoms with Gasteiger partial charge in [0, 0.05) is 11.7 Å². The van der Waals surface area contributed by atoms with Gasteiger partial charge in [0.25, 0.3) is 0 Å². The fourth-order valence-electron chi connectivity index (χ4n) is 2.82. The fourth-order valence-corrected chi connectivity index (χ4v) is 3.09. The van der Waals surface area contributed by atoms with Crippen molar-refractivity contribution in [3.05, 3.63) is 29.8 Å². The Balaban J connectivity index is 1.87. The molecule has 20 heavy (non-hydrogen) atoms. The highest BCUT2D eigenvalue weighted by molar-refractivity contribution is 7.80. The second-order valence-electron chi connectivity index (χ2n) is 6.24. The Bertz CT molecular complexity index is 439. The van der Waals surface area contributed by atoms with Crippen LogP contribution in [0, 0.1) is 5.92 Å². The molecule has 1 aliphatic carbocycles. The van der Waals surface area contributed by atoms with Crippen molar-refractivity contribution in [2.24, 2.45) is 5.92 Å². The Hall–Kier alpha value is -1.09. The number of benzene rings is 1. The van der Waals surface area contributed by atoms with Crippen LogP contribution in [-0.4, -0.2) is 11.2 Å². The molecule has 1 aromatic rings. The van der Waals surface area contributed by atoms with Gasteiger partial charge < -0.3 is 10.6 Å². The first kappa shape index (κ1) is 15.3. The average molecular weight is 290 g/mol. The van der Waals surface area contributed by atoms with Crippen LogP contribution in [0.4, 0.5) is 5.69 Å². The van der Waals surface area contributed by atoms with Gasteiger partial charge in [0.05, 0.1) is 0 Å². The normalized spacial score (nSPS) is 22.6. The van der Waals surface area contributed by atoms with Crippen molar-refractivity contribution in [1.29, 1.82) is 0 Å². The average Bonchev–Trinajstić information content (AvgIpc) is 2.42. The third-order valence-electron chi connectivity index (χ3n) is 4.26. The first-order valence-corrected chi connectivity index (χ1v) is 8.14. The molecule has 1 saturated carbocycles. The van der Waals surface area contributed by atoms with Crippen LogP contribution in [-0.2, 0) is 0 Å². The second kappa shape index (κ2) is 7.07. The summed E-state index contributed by atoms with van der Waals surface area (Å²) < 4.78 is 0. The Morgan fingerprint density at radius 1 is 1.15 bits per heavy atom. The van der Waals surface area contributed by atoms with Crippen molar-refractivity contribution in [3.63, 3.8) is 0 Å². The molecule has 1 aromatic carbocycles. The molecule has 2 rings (SSSR count). The Morgan fingerprint density at radius 2 is 1.80 bits per heavy atom. The zero-order chi connectivity index (χ0) is 14.5. The van der Waals surface area contributed by atoms with E-state index in [0.717, 1.165) is 10.8 Å². The molecule has 0 unspecified atom stereocenters. The summed E-state index contributed by atoms with van der Waals surface area (Å²) in [5, 5.41) is 7.52. The van der Waals surface area contributed by atoms with E-state index in [9.17, 15) is 0 Å². The van der Waals surface area contributed by atoms with Gasteiger partial charge in [0.1, 0.15) is 0 Å². The van der Waals surface area contributed by atoms with Gasteiger partial charge in [-0.3, -0.25) is 0 Å². The van der Waals surface area contributed by atoms with Crippen LogP contribution in [0.2, 0.25) is 0 Å². The molecule has 1 fully saturated rings. The maximum absolute atomic E-state index is 5.43. The van der Waals surface area contributed by atoms with Gasteiger partial charge in [-0.1, -0.05) is 45.7 Å². The van der Waals surface area contributed by atoms with Crippen molar-refractivity contribution in [3.8, 4) is 0 Å². The van der Waals surface area contributed by atoms with E-state index >= 15 is 0 Å². The van der Waals surface area contributed by atoms with E-state index < -0.39 is 0 Å². The molecular formula is C17H26N2S. The maximum atomic E-state index is 5.43. The van der Waals surface area contributed by atoms with E-state index in [1.165, 1.54) is 31.2 Å².